The zero-order valence-electron chi connectivity index (χ0n) is 22.4. The van der Waals surface area contributed by atoms with Gasteiger partial charge < -0.3 is 18.9 Å². The lowest BCUT2D eigenvalue weighted by atomic mass is 10.1. The predicted molar refractivity (Wildman–Crippen MR) is 148 cm³/mol. The highest BCUT2D eigenvalue weighted by Crippen LogP contribution is 2.32. The molecule has 202 valence electrons. The van der Waals surface area contributed by atoms with Crippen molar-refractivity contribution in [1.82, 2.24) is 0 Å². The molecular weight excluding hydrogens is 480 g/mol. The summed E-state index contributed by atoms with van der Waals surface area (Å²) in [4.78, 5) is 24.8. The summed E-state index contributed by atoms with van der Waals surface area (Å²) >= 11 is 0. The molecule has 0 N–H and O–H groups in total. The van der Waals surface area contributed by atoms with Crippen molar-refractivity contribution in [2.24, 2.45) is 0 Å². The number of carbonyl (C=O) groups is 2. The van der Waals surface area contributed by atoms with Gasteiger partial charge in [-0.1, -0.05) is 60.7 Å². The van der Waals surface area contributed by atoms with Gasteiger partial charge in [-0.2, -0.15) is 0 Å². The van der Waals surface area contributed by atoms with Crippen molar-refractivity contribution in [3.05, 3.63) is 95.1 Å². The number of esters is 2. The van der Waals surface area contributed by atoms with Crippen molar-refractivity contribution in [1.29, 1.82) is 0 Å². The largest absolute Gasteiger partial charge is 0.490 e. The average molecular weight is 519 g/mol. The lowest BCUT2D eigenvalue weighted by molar-refractivity contribution is 0.0554. The van der Waals surface area contributed by atoms with E-state index < -0.39 is 11.9 Å². The van der Waals surface area contributed by atoms with E-state index in [1.165, 1.54) is 37.5 Å². The van der Waals surface area contributed by atoms with Crippen LogP contribution in [0.1, 0.15) is 70.4 Å². The van der Waals surface area contributed by atoms with Gasteiger partial charge in [0.1, 0.15) is 0 Å². The lowest BCUT2D eigenvalue weighted by Crippen LogP contribution is -2.14. The molecule has 0 amide bonds. The minimum Gasteiger partial charge on any atom is -0.490 e. The molecular formula is C32H38O6. The zero-order chi connectivity index (χ0) is 27.0. The standard InChI is InChI=1S/C32H38O6/c1-35-31(33)27-23-29(37-21-13-5-11-19-25-15-7-3-8-16-25)30(24-28(27)32(34)36-2)38-22-14-6-12-20-26-17-9-4-10-18-26/h3-4,7-10,15-18,23-24H,5-6,11-14,19-22H2,1-2H3. The number of rotatable bonds is 16. The highest BCUT2D eigenvalue weighted by molar-refractivity contribution is 6.04. The molecule has 0 aliphatic heterocycles. The fourth-order valence-corrected chi connectivity index (χ4v) is 4.21. The van der Waals surface area contributed by atoms with Crippen LogP contribution in [0.2, 0.25) is 0 Å². The van der Waals surface area contributed by atoms with Crippen LogP contribution in [0.4, 0.5) is 0 Å². The Hall–Kier alpha value is -3.80. The maximum absolute atomic E-state index is 12.4. The van der Waals surface area contributed by atoms with Crippen LogP contribution in [0.5, 0.6) is 11.5 Å². The maximum atomic E-state index is 12.4. The summed E-state index contributed by atoms with van der Waals surface area (Å²) in [5, 5.41) is 0. The summed E-state index contributed by atoms with van der Waals surface area (Å²) in [6, 6.07) is 23.9. The highest BCUT2D eigenvalue weighted by Gasteiger charge is 2.23. The van der Waals surface area contributed by atoms with E-state index in [2.05, 4.69) is 48.5 Å². The van der Waals surface area contributed by atoms with E-state index in [1.807, 2.05) is 12.1 Å². The Labute approximate surface area is 225 Å². The molecule has 0 atom stereocenters. The van der Waals surface area contributed by atoms with Gasteiger partial charge >= 0.3 is 11.9 Å². The molecule has 0 spiro atoms. The Morgan fingerprint density at radius 3 is 1.32 bits per heavy atom. The molecule has 38 heavy (non-hydrogen) atoms. The van der Waals surface area contributed by atoms with E-state index in [0.717, 1.165) is 51.4 Å². The molecule has 0 aliphatic carbocycles. The van der Waals surface area contributed by atoms with Crippen molar-refractivity contribution in [3.63, 3.8) is 0 Å². The molecule has 3 aromatic carbocycles. The van der Waals surface area contributed by atoms with Gasteiger partial charge in [0.05, 0.1) is 38.6 Å². The lowest BCUT2D eigenvalue weighted by Gasteiger charge is -2.16. The van der Waals surface area contributed by atoms with E-state index >= 15 is 0 Å². The molecule has 0 heterocycles. The minimum absolute atomic E-state index is 0.0913. The van der Waals surface area contributed by atoms with Gasteiger partial charge in [0, 0.05) is 0 Å². The Balaban J connectivity index is 1.58. The van der Waals surface area contributed by atoms with Crippen LogP contribution in [0.3, 0.4) is 0 Å². The van der Waals surface area contributed by atoms with Crippen LogP contribution >= 0.6 is 0 Å². The number of unbranched alkanes of at least 4 members (excludes halogenated alkanes) is 4. The third kappa shape index (κ3) is 9.25. The second kappa shape index (κ2) is 16.1. The molecule has 0 aliphatic rings. The molecule has 0 unspecified atom stereocenters. The van der Waals surface area contributed by atoms with Crippen LogP contribution in [-0.2, 0) is 22.3 Å². The topological polar surface area (TPSA) is 71.1 Å². The first-order valence-electron chi connectivity index (χ1n) is 13.3. The Morgan fingerprint density at radius 1 is 0.553 bits per heavy atom. The van der Waals surface area contributed by atoms with Gasteiger partial charge in [-0.3, -0.25) is 0 Å². The first kappa shape index (κ1) is 28.8. The second-order valence-electron chi connectivity index (χ2n) is 9.12. The monoisotopic (exact) mass is 518 g/mol. The van der Waals surface area contributed by atoms with E-state index in [1.54, 1.807) is 0 Å². The average Bonchev–Trinajstić information content (AvgIpc) is 2.97. The van der Waals surface area contributed by atoms with E-state index in [4.69, 9.17) is 18.9 Å². The first-order chi connectivity index (χ1) is 18.6. The van der Waals surface area contributed by atoms with Crippen LogP contribution in [0, 0.1) is 0 Å². The quantitative estimate of drug-likeness (QED) is 0.153. The minimum atomic E-state index is -0.634. The van der Waals surface area contributed by atoms with Gasteiger partial charge in [-0.25, -0.2) is 9.59 Å². The van der Waals surface area contributed by atoms with Crippen molar-refractivity contribution in [2.75, 3.05) is 27.4 Å². The summed E-state index contributed by atoms with van der Waals surface area (Å²) in [5.41, 5.74) is 2.84. The molecule has 0 saturated carbocycles. The summed E-state index contributed by atoms with van der Waals surface area (Å²) in [6.45, 7) is 0.945. The van der Waals surface area contributed by atoms with Gasteiger partial charge in [-0.15, -0.1) is 0 Å². The van der Waals surface area contributed by atoms with Gasteiger partial charge in [-0.05, 0) is 74.6 Å². The van der Waals surface area contributed by atoms with Crippen molar-refractivity contribution >= 4 is 11.9 Å². The predicted octanol–water partition coefficient (Wildman–Crippen LogP) is 6.84. The smallest absolute Gasteiger partial charge is 0.338 e. The van der Waals surface area contributed by atoms with Gasteiger partial charge in [0.25, 0.3) is 0 Å². The zero-order valence-corrected chi connectivity index (χ0v) is 22.4. The van der Waals surface area contributed by atoms with Gasteiger partial charge in [0.15, 0.2) is 11.5 Å². The summed E-state index contributed by atoms with van der Waals surface area (Å²) in [6.07, 6.45) is 7.92. The van der Waals surface area contributed by atoms with Crippen LogP contribution in [0.15, 0.2) is 72.8 Å². The Morgan fingerprint density at radius 2 is 0.947 bits per heavy atom. The first-order valence-corrected chi connectivity index (χ1v) is 13.3. The van der Waals surface area contributed by atoms with E-state index in [0.29, 0.717) is 24.7 Å². The molecule has 0 fully saturated rings. The fraction of sp³-hybridized carbons (Fsp3) is 0.375. The number of benzene rings is 3. The SMILES string of the molecule is COC(=O)c1cc(OCCCCCc2ccccc2)c(OCCCCCc2ccccc2)cc1C(=O)OC. The molecule has 3 aromatic rings. The molecule has 0 saturated heterocycles. The summed E-state index contributed by atoms with van der Waals surface area (Å²) in [7, 11) is 2.55. The third-order valence-electron chi connectivity index (χ3n) is 6.31. The van der Waals surface area contributed by atoms with Crippen molar-refractivity contribution in [3.8, 4) is 11.5 Å². The summed E-state index contributed by atoms with van der Waals surface area (Å²) < 4.78 is 21.9. The van der Waals surface area contributed by atoms with Crippen molar-refractivity contribution < 1.29 is 28.5 Å². The van der Waals surface area contributed by atoms with Gasteiger partial charge in [0.2, 0.25) is 0 Å². The highest BCUT2D eigenvalue weighted by atomic mass is 16.5. The molecule has 6 nitrogen and oxygen atoms in total. The van der Waals surface area contributed by atoms with Crippen molar-refractivity contribution in [2.45, 2.75) is 51.4 Å². The second-order valence-corrected chi connectivity index (χ2v) is 9.12. The normalized spacial score (nSPS) is 10.6. The van der Waals surface area contributed by atoms with Crippen LogP contribution in [0.25, 0.3) is 0 Å². The number of hydrogen-bond acceptors (Lipinski definition) is 6. The number of aryl methyl sites for hydroxylation is 2. The maximum Gasteiger partial charge on any atom is 0.338 e. The number of carbonyl (C=O) groups excluding carboxylic acids is 2. The van der Waals surface area contributed by atoms with E-state index in [-0.39, 0.29) is 11.1 Å². The number of hydrogen-bond donors (Lipinski definition) is 0. The van der Waals surface area contributed by atoms with E-state index in [9.17, 15) is 9.59 Å². The third-order valence-corrected chi connectivity index (χ3v) is 6.31. The summed E-state index contributed by atoms with van der Waals surface area (Å²) in [5.74, 6) is -0.424. The Kier molecular flexibility index (Phi) is 12.2. The molecule has 0 radical (unpaired) electrons. The molecule has 6 heteroatoms. The Bertz CT molecular complexity index is 1040. The number of ether oxygens (including phenoxy) is 4. The fourth-order valence-electron chi connectivity index (χ4n) is 4.21. The molecule has 0 bridgehead atoms. The van der Waals surface area contributed by atoms with Crippen LogP contribution in [-0.4, -0.2) is 39.4 Å². The molecule has 3 rings (SSSR count). The molecule has 0 aromatic heterocycles. The number of methoxy groups -OCH3 is 2. The van der Waals surface area contributed by atoms with Crippen LogP contribution < -0.4 is 9.47 Å².